The summed E-state index contributed by atoms with van der Waals surface area (Å²) in [6.45, 7) is 8.16. The van der Waals surface area contributed by atoms with Gasteiger partial charge in [0.15, 0.2) is 11.6 Å². The zero-order valence-electron chi connectivity index (χ0n) is 15.7. The van der Waals surface area contributed by atoms with E-state index in [0.717, 1.165) is 37.0 Å². The van der Waals surface area contributed by atoms with Crippen molar-refractivity contribution in [3.05, 3.63) is 65.2 Å². The summed E-state index contributed by atoms with van der Waals surface area (Å²) in [6.07, 6.45) is -0.464. The predicted octanol–water partition coefficient (Wildman–Crippen LogP) is 7.41. The van der Waals surface area contributed by atoms with Crippen molar-refractivity contribution in [2.45, 2.75) is 59.0 Å². The van der Waals surface area contributed by atoms with Gasteiger partial charge in [-0.1, -0.05) is 52.7 Å². The van der Waals surface area contributed by atoms with Gasteiger partial charge in [-0.3, -0.25) is 0 Å². The van der Waals surface area contributed by atoms with Crippen LogP contribution in [0, 0.1) is 11.6 Å². The van der Waals surface area contributed by atoms with E-state index in [0.29, 0.717) is 12.0 Å². The van der Waals surface area contributed by atoms with Crippen LogP contribution in [-0.2, 0) is 6.11 Å². The highest BCUT2D eigenvalue weighted by Crippen LogP contribution is 2.33. The number of hydrogen-bond acceptors (Lipinski definition) is 1. The molecule has 0 aliphatic heterocycles. The molecule has 5 heteroatoms. The molecule has 0 spiro atoms. The Hall–Kier alpha value is -2.04. The number of alkyl halides is 2. The predicted molar refractivity (Wildman–Crippen MR) is 96.6 cm³/mol. The molecule has 0 aliphatic rings. The Morgan fingerprint density at radius 2 is 1.58 bits per heavy atom. The summed E-state index contributed by atoms with van der Waals surface area (Å²) in [6, 6.07) is 8.23. The molecule has 1 unspecified atom stereocenters. The summed E-state index contributed by atoms with van der Waals surface area (Å²) in [7, 11) is 0. The Morgan fingerprint density at radius 3 is 2.12 bits per heavy atom. The van der Waals surface area contributed by atoms with Gasteiger partial charge in [-0.05, 0) is 42.2 Å². The molecule has 0 N–H and O–H groups in total. The minimum atomic E-state index is -3.63. The molecule has 1 nitrogen and oxygen atoms in total. The molecule has 0 fully saturated rings. The maximum absolute atomic E-state index is 14.2. The molecule has 144 valence electrons. The maximum atomic E-state index is 14.2. The molecule has 0 radical (unpaired) electrons. The van der Waals surface area contributed by atoms with Gasteiger partial charge < -0.3 is 4.74 Å². The van der Waals surface area contributed by atoms with Crippen LogP contribution in [0.4, 0.5) is 17.6 Å². The van der Waals surface area contributed by atoms with Gasteiger partial charge >= 0.3 is 6.11 Å². The van der Waals surface area contributed by atoms with E-state index in [1.54, 1.807) is 12.1 Å². The second kappa shape index (κ2) is 10.2. The summed E-state index contributed by atoms with van der Waals surface area (Å²) < 4.78 is 58.8. The molecule has 2 aromatic carbocycles. The minimum absolute atomic E-state index is 0.291. The van der Waals surface area contributed by atoms with Gasteiger partial charge in [-0.25, -0.2) is 8.78 Å². The molecule has 0 aliphatic carbocycles. The van der Waals surface area contributed by atoms with Gasteiger partial charge in [0.2, 0.25) is 0 Å². The Bertz CT molecular complexity index is 668. The quantitative estimate of drug-likeness (QED) is 0.461. The van der Waals surface area contributed by atoms with Crippen molar-refractivity contribution < 1.29 is 22.3 Å². The van der Waals surface area contributed by atoms with E-state index in [1.165, 1.54) is 12.1 Å². The first-order chi connectivity index (χ1) is 12.3. The van der Waals surface area contributed by atoms with E-state index >= 15 is 0 Å². The number of ether oxygens (including phenoxy) is 1. The zero-order valence-corrected chi connectivity index (χ0v) is 15.7. The third-order valence-corrected chi connectivity index (χ3v) is 3.94. The lowest BCUT2D eigenvalue weighted by molar-refractivity contribution is -0.185. The number of unbranched alkanes of at least 4 members (excludes halogenated alkanes) is 1. The number of rotatable bonds is 7. The van der Waals surface area contributed by atoms with Gasteiger partial charge in [0.1, 0.15) is 5.75 Å². The fourth-order valence-corrected chi connectivity index (χ4v) is 2.43. The van der Waals surface area contributed by atoms with Crippen LogP contribution in [0.15, 0.2) is 42.5 Å². The monoisotopic (exact) mass is 370 g/mol. The molecule has 0 amide bonds. The summed E-state index contributed by atoms with van der Waals surface area (Å²) >= 11 is 0. The fourth-order valence-electron chi connectivity index (χ4n) is 2.43. The molecule has 0 heterocycles. The Morgan fingerprint density at radius 1 is 0.962 bits per heavy atom. The number of halogens is 4. The Balaban J connectivity index is 0.00000163. The minimum Gasteiger partial charge on any atom is -0.429 e. The molecule has 0 bridgehead atoms. The molecule has 0 saturated heterocycles. The summed E-state index contributed by atoms with van der Waals surface area (Å²) in [4.78, 5) is 0. The lowest BCUT2D eigenvalue weighted by Gasteiger charge is -2.19. The van der Waals surface area contributed by atoms with E-state index in [4.69, 9.17) is 0 Å². The van der Waals surface area contributed by atoms with E-state index < -0.39 is 23.5 Å². The van der Waals surface area contributed by atoms with Crippen molar-refractivity contribution in [1.82, 2.24) is 0 Å². The van der Waals surface area contributed by atoms with Crippen molar-refractivity contribution in [2.75, 3.05) is 0 Å². The third kappa shape index (κ3) is 6.04. The summed E-state index contributed by atoms with van der Waals surface area (Å²) in [5.41, 5.74) is 0.648. The highest BCUT2D eigenvalue weighted by Gasteiger charge is 2.34. The van der Waals surface area contributed by atoms with Gasteiger partial charge in [-0.15, -0.1) is 0 Å². The Kier molecular flexibility index (Phi) is 8.62. The van der Waals surface area contributed by atoms with Crippen LogP contribution in [0.25, 0.3) is 0 Å². The first-order valence-electron chi connectivity index (χ1n) is 8.95. The standard InChI is InChI=1S/C19H20F4O.C2H6/c1-3-4-5-13(2)14-6-8-15(9-7-14)19(22,23)24-16-10-11-17(20)18(21)12-16;1-2/h6-13H,3-5H2,1-2H3;1-2H3. The fraction of sp³-hybridized carbons (Fsp3) is 0.429. The van der Waals surface area contributed by atoms with Gasteiger partial charge in [-0.2, -0.15) is 8.78 Å². The van der Waals surface area contributed by atoms with Crippen LogP contribution in [0.3, 0.4) is 0 Å². The number of hydrogen-bond donors (Lipinski definition) is 0. The van der Waals surface area contributed by atoms with Crippen molar-refractivity contribution in [3.8, 4) is 5.75 Å². The highest BCUT2D eigenvalue weighted by molar-refractivity contribution is 5.29. The van der Waals surface area contributed by atoms with Gasteiger partial charge in [0, 0.05) is 6.07 Å². The highest BCUT2D eigenvalue weighted by atomic mass is 19.3. The maximum Gasteiger partial charge on any atom is 0.426 e. The zero-order chi connectivity index (χ0) is 19.7. The summed E-state index contributed by atoms with van der Waals surface area (Å²) in [5, 5.41) is 0. The molecule has 2 rings (SSSR count). The van der Waals surface area contributed by atoms with Crippen LogP contribution in [0.2, 0.25) is 0 Å². The normalized spacial score (nSPS) is 12.2. The van der Waals surface area contributed by atoms with Gasteiger partial charge in [0.05, 0.1) is 5.56 Å². The van der Waals surface area contributed by atoms with Gasteiger partial charge in [0.25, 0.3) is 0 Å². The lowest BCUT2D eigenvalue weighted by Crippen LogP contribution is -2.22. The third-order valence-electron chi connectivity index (χ3n) is 3.94. The molecule has 1 atom stereocenters. The molecular weight excluding hydrogens is 344 g/mol. The Labute approximate surface area is 153 Å². The molecule has 0 aromatic heterocycles. The SMILES string of the molecule is CC.CCCCC(C)c1ccc(C(F)(F)Oc2ccc(F)c(F)c2)cc1. The average molecular weight is 370 g/mol. The second-order valence-electron chi connectivity index (χ2n) is 5.86. The first kappa shape index (κ1) is 22.0. The first-order valence-corrected chi connectivity index (χ1v) is 8.95. The molecular formula is C21H26F4O. The van der Waals surface area contributed by atoms with Crippen LogP contribution in [0.5, 0.6) is 5.75 Å². The van der Waals surface area contributed by atoms with Crippen LogP contribution in [0.1, 0.15) is 64.0 Å². The largest absolute Gasteiger partial charge is 0.429 e. The van der Waals surface area contributed by atoms with Crippen LogP contribution < -0.4 is 4.74 Å². The van der Waals surface area contributed by atoms with Crippen molar-refractivity contribution in [1.29, 1.82) is 0 Å². The average Bonchev–Trinajstić information content (AvgIpc) is 2.64. The van der Waals surface area contributed by atoms with Crippen molar-refractivity contribution in [3.63, 3.8) is 0 Å². The summed E-state index contributed by atoms with van der Waals surface area (Å²) in [5.74, 6) is -2.49. The van der Waals surface area contributed by atoms with Crippen LogP contribution >= 0.6 is 0 Å². The molecule has 26 heavy (non-hydrogen) atoms. The lowest BCUT2D eigenvalue weighted by atomic mass is 9.95. The topological polar surface area (TPSA) is 9.23 Å². The van der Waals surface area contributed by atoms with Crippen LogP contribution in [-0.4, -0.2) is 0 Å². The number of benzene rings is 2. The smallest absolute Gasteiger partial charge is 0.426 e. The molecule has 0 saturated carbocycles. The van der Waals surface area contributed by atoms with E-state index in [2.05, 4.69) is 18.6 Å². The molecule has 2 aromatic rings. The van der Waals surface area contributed by atoms with Crippen molar-refractivity contribution >= 4 is 0 Å². The van der Waals surface area contributed by atoms with E-state index in [-0.39, 0.29) is 5.56 Å². The van der Waals surface area contributed by atoms with E-state index in [9.17, 15) is 17.6 Å². The van der Waals surface area contributed by atoms with Crippen molar-refractivity contribution in [2.24, 2.45) is 0 Å². The van der Waals surface area contributed by atoms with E-state index in [1.807, 2.05) is 13.8 Å². The second-order valence-corrected chi connectivity index (χ2v) is 5.86.